The fraction of sp³-hybridized carbons (Fsp3) is 0.300. The van der Waals surface area contributed by atoms with Crippen LogP contribution in [-0.4, -0.2) is 11.2 Å². The van der Waals surface area contributed by atoms with Gasteiger partial charge in [0, 0.05) is 0 Å². The van der Waals surface area contributed by atoms with Gasteiger partial charge < -0.3 is 5.11 Å². The minimum absolute atomic E-state index is 0.389. The highest BCUT2D eigenvalue weighted by Gasteiger charge is 2.03. The van der Waals surface area contributed by atoms with Gasteiger partial charge >= 0.3 is 0 Å². The summed E-state index contributed by atoms with van der Waals surface area (Å²) in [7, 11) is 0. The minimum Gasteiger partial charge on any atom is -0.393 e. The molecule has 1 atom stereocenters. The Balaban J connectivity index is 2.91. The normalized spacial score (nSPS) is 12.1. The molecule has 12 heavy (non-hydrogen) atoms. The molecule has 0 aromatic heterocycles. The van der Waals surface area contributed by atoms with E-state index in [1.165, 1.54) is 0 Å². The maximum absolute atomic E-state index is 9.12. The van der Waals surface area contributed by atoms with Gasteiger partial charge in [-0.1, -0.05) is 18.2 Å². The topological polar surface area (TPSA) is 44.0 Å². The van der Waals surface area contributed by atoms with E-state index in [2.05, 4.69) is 6.07 Å². The van der Waals surface area contributed by atoms with Gasteiger partial charge in [-0.15, -0.1) is 0 Å². The van der Waals surface area contributed by atoms with Crippen LogP contribution in [0.2, 0.25) is 0 Å². The highest BCUT2D eigenvalue weighted by molar-refractivity contribution is 5.37. The molecule has 1 rings (SSSR count). The van der Waals surface area contributed by atoms with Crippen molar-refractivity contribution in [2.75, 3.05) is 0 Å². The van der Waals surface area contributed by atoms with Crippen molar-refractivity contribution < 1.29 is 5.11 Å². The lowest BCUT2D eigenvalue weighted by Gasteiger charge is -2.04. The third kappa shape index (κ3) is 2.08. The second kappa shape index (κ2) is 3.89. The molecule has 0 aliphatic rings. The molecular weight excluding hydrogens is 150 g/mol. The fourth-order valence-corrected chi connectivity index (χ4v) is 1.13. The van der Waals surface area contributed by atoms with Gasteiger partial charge in [-0.2, -0.15) is 5.26 Å². The lowest BCUT2D eigenvalue weighted by atomic mass is 10.0. The van der Waals surface area contributed by atoms with Crippen LogP contribution in [0.5, 0.6) is 0 Å². The Kier molecular flexibility index (Phi) is 2.84. The molecule has 0 spiro atoms. The van der Waals surface area contributed by atoms with E-state index in [0.29, 0.717) is 12.0 Å². The number of hydrogen-bond donors (Lipinski definition) is 1. The van der Waals surface area contributed by atoms with Crippen molar-refractivity contribution in [2.45, 2.75) is 19.4 Å². The first-order chi connectivity index (χ1) is 5.74. The first kappa shape index (κ1) is 8.76. The Morgan fingerprint density at radius 3 is 2.75 bits per heavy atom. The molecule has 0 bridgehead atoms. The quantitative estimate of drug-likeness (QED) is 0.714. The molecule has 62 valence electrons. The number of aliphatic hydroxyl groups excluding tert-OH is 1. The molecule has 1 N–H and O–H groups in total. The molecule has 1 aromatic rings. The van der Waals surface area contributed by atoms with Gasteiger partial charge in [0.2, 0.25) is 0 Å². The fourth-order valence-electron chi connectivity index (χ4n) is 1.13. The largest absolute Gasteiger partial charge is 0.393 e. The first-order valence-corrected chi connectivity index (χ1v) is 3.90. The summed E-state index contributed by atoms with van der Waals surface area (Å²) < 4.78 is 0. The Hall–Kier alpha value is -1.33. The molecule has 0 radical (unpaired) electrons. The summed E-state index contributed by atoms with van der Waals surface area (Å²) >= 11 is 0. The van der Waals surface area contributed by atoms with Crippen molar-refractivity contribution in [3.63, 3.8) is 0 Å². The average Bonchev–Trinajstić information content (AvgIpc) is 2.04. The average molecular weight is 161 g/mol. The van der Waals surface area contributed by atoms with Crippen LogP contribution in [0.25, 0.3) is 0 Å². The Morgan fingerprint density at radius 1 is 1.50 bits per heavy atom. The SMILES string of the molecule is CC(O)Cc1ccccc1C#N. The molecule has 0 aliphatic heterocycles. The standard InChI is InChI=1S/C10H11NO/c1-8(12)6-9-4-2-3-5-10(9)7-11/h2-5,8,12H,6H2,1H3. The maximum atomic E-state index is 9.12. The van der Waals surface area contributed by atoms with E-state index in [4.69, 9.17) is 10.4 Å². The Labute approximate surface area is 72.1 Å². The predicted octanol–water partition coefficient (Wildman–Crippen LogP) is 1.48. The van der Waals surface area contributed by atoms with Crippen LogP contribution in [0.4, 0.5) is 0 Å². The van der Waals surface area contributed by atoms with Crippen LogP contribution in [0.3, 0.4) is 0 Å². The molecule has 1 aromatic carbocycles. The highest BCUT2D eigenvalue weighted by Crippen LogP contribution is 2.09. The summed E-state index contributed by atoms with van der Waals surface area (Å²) in [5, 5.41) is 17.8. The first-order valence-electron chi connectivity index (χ1n) is 3.90. The number of benzene rings is 1. The van der Waals surface area contributed by atoms with Crippen molar-refractivity contribution in [1.29, 1.82) is 5.26 Å². The molecule has 0 aliphatic carbocycles. The van der Waals surface area contributed by atoms with Crippen molar-refractivity contribution in [3.8, 4) is 6.07 Å². The number of rotatable bonds is 2. The van der Waals surface area contributed by atoms with Crippen LogP contribution in [0.15, 0.2) is 24.3 Å². The minimum atomic E-state index is -0.389. The van der Waals surface area contributed by atoms with Gasteiger partial charge in [-0.05, 0) is 25.0 Å². The number of aliphatic hydroxyl groups is 1. The van der Waals surface area contributed by atoms with Crippen LogP contribution in [0.1, 0.15) is 18.1 Å². The van der Waals surface area contributed by atoms with Crippen molar-refractivity contribution in [3.05, 3.63) is 35.4 Å². The summed E-state index contributed by atoms with van der Waals surface area (Å²) in [5.74, 6) is 0. The predicted molar refractivity (Wildman–Crippen MR) is 46.5 cm³/mol. The lowest BCUT2D eigenvalue weighted by molar-refractivity contribution is 0.195. The van der Waals surface area contributed by atoms with E-state index >= 15 is 0 Å². The van der Waals surface area contributed by atoms with Crippen LogP contribution in [-0.2, 0) is 6.42 Å². The zero-order valence-corrected chi connectivity index (χ0v) is 6.99. The summed E-state index contributed by atoms with van der Waals surface area (Å²) in [6.07, 6.45) is 0.156. The monoisotopic (exact) mass is 161 g/mol. The number of hydrogen-bond acceptors (Lipinski definition) is 2. The van der Waals surface area contributed by atoms with Crippen molar-refractivity contribution >= 4 is 0 Å². The summed E-state index contributed by atoms with van der Waals surface area (Å²) in [6.45, 7) is 1.72. The maximum Gasteiger partial charge on any atom is 0.0994 e. The molecule has 0 fully saturated rings. The van der Waals surface area contributed by atoms with E-state index < -0.39 is 0 Å². The van der Waals surface area contributed by atoms with Crippen LogP contribution in [0, 0.1) is 11.3 Å². The van der Waals surface area contributed by atoms with Gasteiger partial charge in [0.25, 0.3) is 0 Å². The molecular formula is C10H11NO. The second-order valence-electron chi connectivity index (χ2n) is 2.82. The lowest BCUT2D eigenvalue weighted by Crippen LogP contribution is -2.05. The second-order valence-corrected chi connectivity index (χ2v) is 2.82. The summed E-state index contributed by atoms with van der Waals surface area (Å²) in [4.78, 5) is 0. The Morgan fingerprint density at radius 2 is 2.17 bits per heavy atom. The molecule has 0 saturated carbocycles. The molecule has 0 saturated heterocycles. The van der Waals surface area contributed by atoms with Gasteiger partial charge in [0.05, 0.1) is 17.7 Å². The van der Waals surface area contributed by atoms with Crippen molar-refractivity contribution in [1.82, 2.24) is 0 Å². The van der Waals surface area contributed by atoms with E-state index in [9.17, 15) is 0 Å². The van der Waals surface area contributed by atoms with Crippen LogP contribution < -0.4 is 0 Å². The van der Waals surface area contributed by atoms with E-state index in [1.54, 1.807) is 13.0 Å². The Bertz CT molecular complexity index is 299. The zero-order valence-electron chi connectivity index (χ0n) is 6.99. The van der Waals surface area contributed by atoms with Gasteiger partial charge in [0.1, 0.15) is 0 Å². The summed E-state index contributed by atoms with van der Waals surface area (Å²) in [5.41, 5.74) is 1.56. The van der Waals surface area contributed by atoms with E-state index in [0.717, 1.165) is 5.56 Å². The smallest absolute Gasteiger partial charge is 0.0994 e. The van der Waals surface area contributed by atoms with E-state index in [1.807, 2.05) is 18.2 Å². The van der Waals surface area contributed by atoms with E-state index in [-0.39, 0.29) is 6.10 Å². The molecule has 0 heterocycles. The van der Waals surface area contributed by atoms with Crippen LogP contribution >= 0.6 is 0 Å². The van der Waals surface area contributed by atoms with Gasteiger partial charge in [-0.25, -0.2) is 0 Å². The number of nitrogens with zero attached hydrogens (tertiary/aromatic N) is 1. The highest BCUT2D eigenvalue weighted by atomic mass is 16.3. The zero-order chi connectivity index (χ0) is 8.97. The summed E-state index contributed by atoms with van der Waals surface area (Å²) in [6, 6.07) is 9.41. The van der Waals surface area contributed by atoms with Gasteiger partial charge in [-0.3, -0.25) is 0 Å². The number of nitriles is 1. The molecule has 2 nitrogen and oxygen atoms in total. The van der Waals surface area contributed by atoms with Gasteiger partial charge in [0.15, 0.2) is 0 Å². The third-order valence-corrected chi connectivity index (χ3v) is 1.65. The molecule has 0 amide bonds. The molecule has 1 unspecified atom stereocenters. The molecule has 2 heteroatoms. The van der Waals surface area contributed by atoms with Crippen molar-refractivity contribution in [2.24, 2.45) is 0 Å². The third-order valence-electron chi connectivity index (χ3n) is 1.65.